The highest BCUT2D eigenvalue weighted by Crippen LogP contribution is 2.27. The van der Waals surface area contributed by atoms with Crippen LogP contribution in [0, 0.1) is 0 Å². The first-order chi connectivity index (χ1) is 9.72. The molecule has 0 amide bonds. The van der Waals surface area contributed by atoms with E-state index in [2.05, 4.69) is 40.1 Å². The molecule has 6 heteroatoms. The van der Waals surface area contributed by atoms with Gasteiger partial charge in [-0.2, -0.15) is 11.8 Å². The summed E-state index contributed by atoms with van der Waals surface area (Å²) in [5.41, 5.74) is -0.610. The Hall–Kier alpha value is -0.720. The van der Waals surface area contributed by atoms with Crippen LogP contribution in [0.1, 0.15) is 18.2 Å². The minimum Gasteiger partial charge on any atom is -0.387 e. The second kappa shape index (κ2) is 7.90. The molecule has 1 fully saturated rings. The Labute approximate surface area is 129 Å². The Balaban J connectivity index is 1.79. The average molecular weight is 313 g/mol. The van der Waals surface area contributed by atoms with E-state index in [1.807, 2.05) is 0 Å². The molecule has 3 N–H and O–H groups in total. The zero-order valence-corrected chi connectivity index (χ0v) is 13.5. The lowest BCUT2D eigenvalue weighted by Crippen LogP contribution is -2.40. The van der Waals surface area contributed by atoms with Crippen LogP contribution in [-0.2, 0) is 6.42 Å². The highest BCUT2D eigenvalue weighted by molar-refractivity contribution is 7.99. The van der Waals surface area contributed by atoms with Gasteiger partial charge in [-0.25, -0.2) is 0 Å². The molecule has 2 heterocycles. The fraction of sp³-hybridized carbons (Fsp3) is 0.643. The predicted octanol–water partition coefficient (Wildman–Crippen LogP) is 1.71. The van der Waals surface area contributed by atoms with Crippen molar-refractivity contribution in [3.8, 4) is 0 Å². The van der Waals surface area contributed by atoms with Gasteiger partial charge in [0.25, 0.3) is 0 Å². The van der Waals surface area contributed by atoms with E-state index >= 15 is 0 Å². The molecule has 2 rings (SSSR count). The highest BCUT2D eigenvalue weighted by atomic mass is 32.2. The third-order valence-electron chi connectivity index (χ3n) is 3.20. The molecule has 0 saturated carbocycles. The summed E-state index contributed by atoms with van der Waals surface area (Å²) < 4.78 is 0. The van der Waals surface area contributed by atoms with Crippen LogP contribution in [0.2, 0.25) is 0 Å². The van der Waals surface area contributed by atoms with E-state index in [0.717, 1.165) is 43.4 Å². The summed E-state index contributed by atoms with van der Waals surface area (Å²) in [7, 11) is 0. The number of nitrogens with one attached hydrogen (secondary N) is 2. The van der Waals surface area contributed by atoms with E-state index in [1.165, 1.54) is 4.88 Å². The molecule has 20 heavy (non-hydrogen) atoms. The maximum Gasteiger partial charge on any atom is 0.191 e. The number of hydrogen-bond donors (Lipinski definition) is 3. The molecule has 112 valence electrons. The number of hydrogen-bond acceptors (Lipinski definition) is 4. The van der Waals surface area contributed by atoms with Gasteiger partial charge < -0.3 is 15.7 Å². The minimum atomic E-state index is -0.610. The van der Waals surface area contributed by atoms with Crippen LogP contribution in [0.3, 0.4) is 0 Å². The summed E-state index contributed by atoms with van der Waals surface area (Å²) >= 11 is 3.58. The molecule has 1 unspecified atom stereocenters. The Kier molecular flexibility index (Phi) is 6.19. The Morgan fingerprint density at radius 2 is 2.40 bits per heavy atom. The molecule has 1 aromatic rings. The van der Waals surface area contributed by atoms with E-state index in [1.54, 1.807) is 23.1 Å². The van der Waals surface area contributed by atoms with Crippen LogP contribution in [0.15, 0.2) is 22.5 Å². The fourth-order valence-electron chi connectivity index (χ4n) is 2.05. The standard InChI is InChI=1S/C14H23N3OS2/c1-2-15-13(16-7-5-12-4-3-8-20-12)17-10-14(18)6-9-19-11-14/h3-4,8,18H,2,5-7,9-11H2,1H3,(H2,15,16,17). The van der Waals surface area contributed by atoms with Crippen molar-refractivity contribution < 1.29 is 5.11 Å². The minimum absolute atomic E-state index is 0.480. The van der Waals surface area contributed by atoms with Crippen molar-refractivity contribution in [3.63, 3.8) is 0 Å². The van der Waals surface area contributed by atoms with Crippen molar-refractivity contribution in [3.05, 3.63) is 22.4 Å². The van der Waals surface area contributed by atoms with Gasteiger partial charge in [0.05, 0.1) is 12.1 Å². The number of guanidine groups is 1. The van der Waals surface area contributed by atoms with Gasteiger partial charge in [0.1, 0.15) is 0 Å². The van der Waals surface area contributed by atoms with Crippen molar-refractivity contribution >= 4 is 29.1 Å². The number of aliphatic imine (C=N–C) groups is 1. The van der Waals surface area contributed by atoms with Crippen LogP contribution >= 0.6 is 23.1 Å². The van der Waals surface area contributed by atoms with Crippen LogP contribution in [-0.4, -0.2) is 47.8 Å². The van der Waals surface area contributed by atoms with Gasteiger partial charge in [-0.1, -0.05) is 6.07 Å². The van der Waals surface area contributed by atoms with Crippen molar-refractivity contribution in [2.24, 2.45) is 4.99 Å². The molecular formula is C14H23N3OS2. The summed E-state index contributed by atoms with van der Waals surface area (Å²) in [6.07, 6.45) is 1.85. The zero-order chi connectivity index (χ0) is 14.3. The van der Waals surface area contributed by atoms with Crippen molar-refractivity contribution in [1.29, 1.82) is 0 Å². The zero-order valence-electron chi connectivity index (χ0n) is 11.9. The van der Waals surface area contributed by atoms with Gasteiger partial charge in [0.15, 0.2) is 5.96 Å². The summed E-state index contributed by atoms with van der Waals surface area (Å²) in [4.78, 5) is 5.89. The summed E-state index contributed by atoms with van der Waals surface area (Å²) in [5.74, 6) is 2.63. The van der Waals surface area contributed by atoms with Crippen molar-refractivity contribution in [1.82, 2.24) is 10.6 Å². The third-order valence-corrected chi connectivity index (χ3v) is 5.37. The van der Waals surface area contributed by atoms with Gasteiger partial charge in [-0.3, -0.25) is 4.99 Å². The number of thioether (sulfide) groups is 1. The molecule has 0 aliphatic carbocycles. The molecule has 0 aromatic carbocycles. The Morgan fingerprint density at radius 3 is 3.05 bits per heavy atom. The molecule has 1 aliphatic heterocycles. The van der Waals surface area contributed by atoms with Crippen LogP contribution in [0.4, 0.5) is 0 Å². The van der Waals surface area contributed by atoms with E-state index in [4.69, 9.17) is 0 Å². The largest absolute Gasteiger partial charge is 0.387 e. The molecule has 1 atom stereocenters. The second-order valence-electron chi connectivity index (χ2n) is 4.98. The summed E-state index contributed by atoms with van der Waals surface area (Å²) in [6.45, 7) is 4.22. The first-order valence-corrected chi connectivity index (χ1v) is 9.10. The molecule has 1 aromatic heterocycles. The monoisotopic (exact) mass is 313 g/mol. The smallest absolute Gasteiger partial charge is 0.191 e. The van der Waals surface area contributed by atoms with Crippen LogP contribution in [0.25, 0.3) is 0 Å². The summed E-state index contributed by atoms with van der Waals surface area (Å²) in [5, 5.41) is 19.0. The van der Waals surface area contributed by atoms with Crippen molar-refractivity contribution in [2.45, 2.75) is 25.4 Å². The summed E-state index contributed by atoms with van der Waals surface area (Å²) in [6, 6.07) is 4.22. The van der Waals surface area contributed by atoms with Crippen molar-refractivity contribution in [2.75, 3.05) is 31.1 Å². The normalized spacial score (nSPS) is 23.0. The highest BCUT2D eigenvalue weighted by Gasteiger charge is 2.31. The molecule has 1 aliphatic rings. The SMILES string of the molecule is CCNC(=NCC1(O)CCSC1)NCCc1cccs1. The maximum absolute atomic E-state index is 10.3. The van der Waals surface area contributed by atoms with Crippen LogP contribution in [0.5, 0.6) is 0 Å². The Bertz CT molecular complexity index is 414. The Morgan fingerprint density at radius 1 is 1.50 bits per heavy atom. The van der Waals surface area contributed by atoms with E-state index in [9.17, 15) is 5.11 Å². The number of nitrogens with zero attached hydrogens (tertiary/aromatic N) is 1. The maximum atomic E-state index is 10.3. The first kappa shape index (κ1) is 15.7. The molecule has 4 nitrogen and oxygen atoms in total. The van der Waals surface area contributed by atoms with Gasteiger partial charge in [-0.05, 0) is 37.0 Å². The molecule has 0 radical (unpaired) electrons. The van der Waals surface area contributed by atoms with E-state index in [0.29, 0.717) is 6.54 Å². The van der Waals surface area contributed by atoms with E-state index < -0.39 is 5.60 Å². The number of aliphatic hydroxyl groups is 1. The van der Waals surface area contributed by atoms with Gasteiger partial charge in [0.2, 0.25) is 0 Å². The van der Waals surface area contributed by atoms with Gasteiger partial charge >= 0.3 is 0 Å². The fourth-order valence-corrected chi connectivity index (χ4v) is 4.04. The lowest BCUT2D eigenvalue weighted by Gasteiger charge is -2.19. The number of rotatable bonds is 6. The number of thiophene rings is 1. The van der Waals surface area contributed by atoms with E-state index in [-0.39, 0.29) is 0 Å². The average Bonchev–Trinajstić information content (AvgIpc) is 3.08. The third kappa shape index (κ3) is 5.00. The molecule has 1 saturated heterocycles. The van der Waals surface area contributed by atoms with Gasteiger partial charge in [-0.15, -0.1) is 11.3 Å². The topological polar surface area (TPSA) is 56.7 Å². The van der Waals surface area contributed by atoms with Gasteiger partial charge in [0, 0.05) is 23.7 Å². The second-order valence-corrected chi connectivity index (χ2v) is 7.12. The first-order valence-electron chi connectivity index (χ1n) is 7.06. The molecule has 0 spiro atoms. The molecule has 0 bridgehead atoms. The van der Waals surface area contributed by atoms with Crippen LogP contribution < -0.4 is 10.6 Å². The lowest BCUT2D eigenvalue weighted by atomic mass is 10.1. The predicted molar refractivity (Wildman–Crippen MR) is 88.9 cm³/mol. The lowest BCUT2D eigenvalue weighted by molar-refractivity contribution is 0.0778. The quantitative estimate of drug-likeness (QED) is 0.553. The molecular weight excluding hydrogens is 290 g/mol.